The first-order chi connectivity index (χ1) is 14.2. The third-order valence-electron chi connectivity index (χ3n) is 5.61. The molecule has 1 fully saturated rings. The van der Waals surface area contributed by atoms with Crippen molar-refractivity contribution in [1.82, 2.24) is 20.1 Å². The van der Waals surface area contributed by atoms with Crippen LogP contribution >= 0.6 is 23.1 Å². The van der Waals surface area contributed by atoms with E-state index in [0.717, 1.165) is 54.1 Å². The summed E-state index contributed by atoms with van der Waals surface area (Å²) in [6.45, 7) is 0.713. The topological polar surface area (TPSA) is 98.1 Å². The molecule has 0 radical (unpaired) electrons. The molecule has 2 aromatic rings. The summed E-state index contributed by atoms with van der Waals surface area (Å²) in [4.78, 5) is 31.0. The van der Waals surface area contributed by atoms with Gasteiger partial charge in [-0.15, -0.1) is 11.3 Å². The summed E-state index contributed by atoms with van der Waals surface area (Å²) in [7, 11) is 0. The molecule has 2 N–H and O–H groups in total. The van der Waals surface area contributed by atoms with Crippen molar-refractivity contribution in [2.24, 2.45) is 0 Å². The summed E-state index contributed by atoms with van der Waals surface area (Å²) in [5, 5.41) is 11.0. The Balaban J connectivity index is 1.29. The molecule has 1 saturated heterocycles. The van der Waals surface area contributed by atoms with Gasteiger partial charge in [-0.2, -0.15) is 16.9 Å². The second-order valence-corrected chi connectivity index (χ2v) is 9.80. The van der Waals surface area contributed by atoms with Crippen LogP contribution in [0.3, 0.4) is 0 Å². The average Bonchev–Trinajstić information content (AvgIpc) is 3.33. The number of ether oxygens (including phenoxy) is 1. The average molecular weight is 434 g/mol. The highest BCUT2D eigenvalue weighted by Crippen LogP contribution is 2.29. The quantitative estimate of drug-likeness (QED) is 0.770. The Morgan fingerprint density at radius 2 is 2.10 bits per heavy atom. The third-order valence-corrected chi connectivity index (χ3v) is 7.69. The van der Waals surface area contributed by atoms with Crippen molar-refractivity contribution in [3.63, 3.8) is 0 Å². The van der Waals surface area contributed by atoms with Crippen molar-refractivity contribution in [1.29, 1.82) is 0 Å². The number of amides is 2. The fourth-order valence-electron chi connectivity index (χ4n) is 4.10. The SMILES string of the molecule is O=C(Nc1nc2c(s1)CCCC2)NC1COCC1n1nc2c(cc1=O)CSCC2. The van der Waals surface area contributed by atoms with Crippen molar-refractivity contribution in [2.75, 3.05) is 24.3 Å². The first kappa shape index (κ1) is 19.1. The lowest BCUT2D eigenvalue weighted by atomic mass is 10.0. The largest absolute Gasteiger partial charge is 0.377 e. The predicted molar refractivity (Wildman–Crippen MR) is 113 cm³/mol. The minimum Gasteiger partial charge on any atom is -0.377 e. The Morgan fingerprint density at radius 1 is 1.21 bits per heavy atom. The standard InChI is InChI=1S/C19H23N5O3S2/c25-17-7-11-10-28-6-5-12(11)23-24(17)15-9-27-8-14(15)20-18(26)22-19-21-13-3-1-2-4-16(13)29-19/h7,14-15H,1-6,8-10H2,(H2,20,21,22,26). The highest BCUT2D eigenvalue weighted by Gasteiger charge is 2.33. The van der Waals surface area contributed by atoms with Gasteiger partial charge < -0.3 is 10.1 Å². The molecule has 2 atom stereocenters. The first-order valence-electron chi connectivity index (χ1n) is 10.0. The molecule has 0 bridgehead atoms. The molecule has 154 valence electrons. The fraction of sp³-hybridized carbons (Fsp3) is 0.579. The second kappa shape index (κ2) is 8.08. The molecule has 0 spiro atoms. The van der Waals surface area contributed by atoms with Gasteiger partial charge >= 0.3 is 6.03 Å². The molecule has 2 aliphatic heterocycles. The Bertz CT molecular complexity index is 965. The van der Waals surface area contributed by atoms with Gasteiger partial charge in [0.2, 0.25) is 0 Å². The van der Waals surface area contributed by atoms with Crippen LogP contribution in [0, 0.1) is 0 Å². The highest BCUT2D eigenvalue weighted by molar-refractivity contribution is 7.98. The lowest BCUT2D eigenvalue weighted by molar-refractivity contribution is 0.180. The maximum absolute atomic E-state index is 12.6. The lowest BCUT2D eigenvalue weighted by Gasteiger charge is -2.22. The van der Waals surface area contributed by atoms with Crippen LogP contribution in [0.25, 0.3) is 0 Å². The van der Waals surface area contributed by atoms with Crippen molar-refractivity contribution >= 4 is 34.3 Å². The van der Waals surface area contributed by atoms with Gasteiger partial charge in [-0.3, -0.25) is 10.1 Å². The maximum atomic E-state index is 12.6. The van der Waals surface area contributed by atoms with Crippen molar-refractivity contribution < 1.29 is 9.53 Å². The molecule has 4 heterocycles. The van der Waals surface area contributed by atoms with Gasteiger partial charge in [0.05, 0.1) is 30.6 Å². The Morgan fingerprint density at radius 3 is 3.00 bits per heavy atom. The lowest BCUT2D eigenvalue weighted by Crippen LogP contribution is -2.45. The van der Waals surface area contributed by atoms with E-state index in [0.29, 0.717) is 18.3 Å². The number of thiazole rings is 1. The smallest absolute Gasteiger partial charge is 0.321 e. The van der Waals surface area contributed by atoms with E-state index in [4.69, 9.17) is 4.74 Å². The molecular weight excluding hydrogens is 410 g/mol. The number of carbonyl (C=O) groups excluding carboxylic acids is 1. The molecule has 0 saturated carbocycles. The number of hydrogen-bond donors (Lipinski definition) is 2. The molecule has 29 heavy (non-hydrogen) atoms. The highest BCUT2D eigenvalue weighted by atomic mass is 32.2. The minimum absolute atomic E-state index is 0.137. The van der Waals surface area contributed by atoms with Crippen LogP contribution < -0.4 is 16.2 Å². The zero-order valence-corrected chi connectivity index (χ0v) is 17.6. The Labute approximate surface area is 176 Å². The van der Waals surface area contributed by atoms with Gasteiger partial charge in [0.1, 0.15) is 6.04 Å². The van der Waals surface area contributed by atoms with Crippen molar-refractivity contribution in [2.45, 2.75) is 49.9 Å². The van der Waals surface area contributed by atoms with E-state index in [1.54, 1.807) is 17.4 Å². The predicted octanol–water partition coefficient (Wildman–Crippen LogP) is 2.13. The van der Waals surface area contributed by atoms with Gasteiger partial charge in [-0.05, 0) is 37.0 Å². The molecule has 3 aliphatic rings. The molecular formula is C19H23N5O3S2. The maximum Gasteiger partial charge on any atom is 0.321 e. The molecule has 2 aromatic heterocycles. The number of aromatic nitrogens is 3. The van der Waals surface area contributed by atoms with E-state index >= 15 is 0 Å². The number of nitrogens with zero attached hydrogens (tertiary/aromatic N) is 3. The number of carbonyl (C=O) groups is 1. The van der Waals surface area contributed by atoms with Crippen LogP contribution in [0.5, 0.6) is 0 Å². The molecule has 2 unspecified atom stereocenters. The summed E-state index contributed by atoms with van der Waals surface area (Å²) in [6, 6.07) is 0.742. The van der Waals surface area contributed by atoms with Crippen LogP contribution in [0.15, 0.2) is 10.9 Å². The first-order valence-corrected chi connectivity index (χ1v) is 12.0. The monoisotopic (exact) mass is 433 g/mol. The van der Waals surface area contributed by atoms with Crippen molar-refractivity contribution in [3.8, 4) is 0 Å². The van der Waals surface area contributed by atoms with E-state index in [1.165, 1.54) is 16.0 Å². The number of hydrogen-bond acceptors (Lipinski definition) is 7. The van der Waals surface area contributed by atoms with Crippen LogP contribution in [0.1, 0.15) is 40.7 Å². The molecule has 0 aromatic carbocycles. The van der Waals surface area contributed by atoms with Crippen LogP contribution in [0.2, 0.25) is 0 Å². The van der Waals surface area contributed by atoms with Gasteiger partial charge in [0.25, 0.3) is 5.56 Å². The van der Waals surface area contributed by atoms with Gasteiger partial charge in [0, 0.05) is 23.1 Å². The number of urea groups is 1. The third kappa shape index (κ3) is 3.93. The van der Waals surface area contributed by atoms with E-state index in [2.05, 4.69) is 20.7 Å². The molecule has 8 nitrogen and oxygen atoms in total. The van der Waals surface area contributed by atoms with E-state index < -0.39 is 0 Å². The minimum atomic E-state index is -0.320. The fourth-order valence-corrected chi connectivity index (χ4v) is 6.09. The molecule has 10 heteroatoms. The number of fused-ring (bicyclic) bond motifs is 2. The van der Waals surface area contributed by atoms with E-state index in [1.807, 2.05) is 11.8 Å². The summed E-state index contributed by atoms with van der Waals surface area (Å²) < 4.78 is 7.08. The summed E-state index contributed by atoms with van der Waals surface area (Å²) in [6.07, 6.45) is 5.23. The van der Waals surface area contributed by atoms with Gasteiger partial charge in [-0.1, -0.05) is 0 Å². The zero-order valence-electron chi connectivity index (χ0n) is 16.0. The Kier molecular flexibility index (Phi) is 5.31. The van der Waals surface area contributed by atoms with Gasteiger partial charge in [-0.25, -0.2) is 14.5 Å². The molecule has 5 rings (SSSR count). The van der Waals surface area contributed by atoms with Crippen LogP contribution in [-0.2, 0) is 29.8 Å². The van der Waals surface area contributed by atoms with Crippen molar-refractivity contribution in [3.05, 3.63) is 38.2 Å². The number of rotatable bonds is 3. The van der Waals surface area contributed by atoms with E-state index in [9.17, 15) is 9.59 Å². The summed E-state index contributed by atoms with van der Waals surface area (Å²) in [5.74, 6) is 1.85. The number of thioether (sulfide) groups is 1. The normalized spacial score (nSPS) is 23.3. The van der Waals surface area contributed by atoms with Gasteiger partial charge in [0.15, 0.2) is 5.13 Å². The summed E-state index contributed by atoms with van der Waals surface area (Å²) in [5.41, 5.74) is 2.98. The second-order valence-electron chi connectivity index (χ2n) is 7.61. The van der Waals surface area contributed by atoms with Crippen LogP contribution in [0.4, 0.5) is 9.93 Å². The van der Waals surface area contributed by atoms with Crippen LogP contribution in [-0.4, -0.2) is 45.8 Å². The molecule has 1 aliphatic carbocycles. The Hall–Kier alpha value is -1.91. The summed E-state index contributed by atoms with van der Waals surface area (Å²) >= 11 is 3.37. The zero-order chi connectivity index (χ0) is 19.8. The number of anilines is 1. The molecule has 2 amide bonds. The number of nitrogens with one attached hydrogen (secondary N) is 2. The number of aryl methyl sites for hydroxylation is 3. The van der Waals surface area contributed by atoms with E-state index in [-0.39, 0.29) is 23.7 Å².